The number of aromatic nitrogens is 2. The molecule has 0 aliphatic rings. The van der Waals surface area contributed by atoms with E-state index in [0.717, 1.165) is 22.8 Å². The summed E-state index contributed by atoms with van der Waals surface area (Å²) in [6.07, 6.45) is 0.768. The predicted octanol–water partition coefficient (Wildman–Crippen LogP) is 4.06. The number of fused-ring (bicyclic) bond motifs is 1. The van der Waals surface area contributed by atoms with Crippen molar-refractivity contribution < 1.29 is 4.52 Å². The molecule has 0 amide bonds. The third kappa shape index (κ3) is 2.89. The zero-order chi connectivity index (χ0) is 15.0. The normalized spacial score (nSPS) is 12.0. The predicted molar refractivity (Wildman–Crippen MR) is 84.8 cm³/mol. The van der Waals surface area contributed by atoms with Crippen LogP contribution in [-0.2, 0) is 6.42 Å². The minimum Gasteiger partial charge on any atom is -0.398 e. The highest BCUT2D eigenvalue weighted by atomic mass is 16.5. The molecule has 3 rings (SSSR count). The summed E-state index contributed by atoms with van der Waals surface area (Å²) >= 11 is 0. The van der Waals surface area contributed by atoms with Gasteiger partial charge in [0.15, 0.2) is 5.82 Å². The second-order valence-corrected chi connectivity index (χ2v) is 6.54. The maximum Gasteiger partial charge on any atom is 0.260 e. The van der Waals surface area contributed by atoms with Crippen molar-refractivity contribution in [3.05, 3.63) is 42.2 Å². The first kappa shape index (κ1) is 13.6. The standard InChI is InChI=1S/C17H19N3O/c1-17(2,3)10-15-19-16(21-20-15)13-8-11-6-4-5-7-12(11)9-14(13)18/h4-9H,10,18H2,1-3H3. The molecule has 0 unspecified atom stereocenters. The fourth-order valence-electron chi connectivity index (χ4n) is 2.35. The van der Waals surface area contributed by atoms with Crippen molar-refractivity contribution in [1.29, 1.82) is 0 Å². The van der Waals surface area contributed by atoms with Crippen molar-refractivity contribution in [1.82, 2.24) is 10.1 Å². The highest BCUT2D eigenvalue weighted by molar-refractivity contribution is 5.92. The molecule has 0 bridgehead atoms. The topological polar surface area (TPSA) is 64.9 Å². The van der Waals surface area contributed by atoms with Crippen LogP contribution in [0.4, 0.5) is 5.69 Å². The maximum atomic E-state index is 6.13. The molecule has 0 aliphatic heterocycles. The van der Waals surface area contributed by atoms with Gasteiger partial charge in [0.1, 0.15) is 0 Å². The smallest absolute Gasteiger partial charge is 0.260 e. The first-order valence-corrected chi connectivity index (χ1v) is 7.04. The lowest BCUT2D eigenvalue weighted by Crippen LogP contribution is -2.10. The molecule has 0 fully saturated rings. The number of nitrogens with zero attached hydrogens (tertiary/aromatic N) is 2. The van der Waals surface area contributed by atoms with Crippen LogP contribution < -0.4 is 5.73 Å². The summed E-state index contributed by atoms with van der Waals surface area (Å²) in [5.41, 5.74) is 7.69. The molecule has 108 valence electrons. The Labute approximate surface area is 124 Å². The Morgan fingerprint density at radius 3 is 2.43 bits per heavy atom. The Morgan fingerprint density at radius 2 is 1.76 bits per heavy atom. The summed E-state index contributed by atoms with van der Waals surface area (Å²) in [6.45, 7) is 6.44. The zero-order valence-corrected chi connectivity index (χ0v) is 12.6. The molecule has 0 saturated carbocycles. The number of hydrogen-bond acceptors (Lipinski definition) is 4. The molecule has 0 spiro atoms. The van der Waals surface area contributed by atoms with Gasteiger partial charge in [-0.1, -0.05) is 50.2 Å². The van der Waals surface area contributed by atoms with Gasteiger partial charge in [-0.25, -0.2) is 0 Å². The Morgan fingerprint density at radius 1 is 1.10 bits per heavy atom. The summed E-state index contributed by atoms with van der Waals surface area (Å²) < 4.78 is 5.39. The summed E-state index contributed by atoms with van der Waals surface area (Å²) in [7, 11) is 0. The minimum atomic E-state index is 0.121. The summed E-state index contributed by atoms with van der Waals surface area (Å²) in [5, 5.41) is 6.27. The molecular formula is C17H19N3O. The molecule has 1 heterocycles. The van der Waals surface area contributed by atoms with Crippen LogP contribution in [0.5, 0.6) is 0 Å². The van der Waals surface area contributed by atoms with Gasteiger partial charge in [-0.15, -0.1) is 0 Å². The van der Waals surface area contributed by atoms with Gasteiger partial charge in [0, 0.05) is 12.1 Å². The quantitative estimate of drug-likeness (QED) is 0.719. The Hall–Kier alpha value is -2.36. The van der Waals surface area contributed by atoms with E-state index in [1.807, 2.05) is 36.4 Å². The largest absolute Gasteiger partial charge is 0.398 e. The molecule has 0 aliphatic carbocycles. The molecule has 0 saturated heterocycles. The van der Waals surface area contributed by atoms with Crippen LogP contribution >= 0.6 is 0 Å². The molecule has 0 atom stereocenters. The first-order valence-electron chi connectivity index (χ1n) is 7.04. The highest BCUT2D eigenvalue weighted by Crippen LogP contribution is 2.30. The van der Waals surface area contributed by atoms with Gasteiger partial charge in [0.05, 0.1) is 5.56 Å². The Bertz CT molecular complexity index is 784. The van der Waals surface area contributed by atoms with E-state index >= 15 is 0 Å². The minimum absolute atomic E-state index is 0.121. The van der Waals surface area contributed by atoms with Crippen molar-refractivity contribution in [3.8, 4) is 11.5 Å². The van der Waals surface area contributed by atoms with Crippen molar-refractivity contribution >= 4 is 16.5 Å². The molecule has 4 nitrogen and oxygen atoms in total. The lowest BCUT2D eigenvalue weighted by Gasteiger charge is -2.14. The number of nitrogens with two attached hydrogens (primary N) is 1. The van der Waals surface area contributed by atoms with Crippen LogP contribution in [0.3, 0.4) is 0 Å². The van der Waals surface area contributed by atoms with E-state index in [9.17, 15) is 0 Å². The van der Waals surface area contributed by atoms with E-state index in [1.165, 1.54) is 0 Å². The monoisotopic (exact) mass is 281 g/mol. The highest BCUT2D eigenvalue weighted by Gasteiger charge is 2.18. The third-order valence-corrected chi connectivity index (χ3v) is 3.30. The van der Waals surface area contributed by atoms with Gasteiger partial charge >= 0.3 is 0 Å². The molecule has 4 heteroatoms. The van der Waals surface area contributed by atoms with Crippen LogP contribution in [0.1, 0.15) is 26.6 Å². The fourth-order valence-corrected chi connectivity index (χ4v) is 2.35. The number of nitrogen functional groups attached to an aromatic ring is 1. The van der Waals surface area contributed by atoms with Gasteiger partial charge < -0.3 is 10.3 Å². The first-order chi connectivity index (χ1) is 9.92. The average Bonchev–Trinajstić information content (AvgIpc) is 2.84. The molecule has 21 heavy (non-hydrogen) atoms. The van der Waals surface area contributed by atoms with E-state index in [2.05, 4.69) is 30.9 Å². The van der Waals surface area contributed by atoms with Crippen LogP contribution in [0.25, 0.3) is 22.2 Å². The summed E-state index contributed by atoms with van der Waals surface area (Å²) in [6, 6.07) is 12.0. The molecule has 2 N–H and O–H groups in total. The summed E-state index contributed by atoms with van der Waals surface area (Å²) in [5.74, 6) is 1.20. The van der Waals surface area contributed by atoms with Crippen LogP contribution in [0, 0.1) is 5.41 Å². The SMILES string of the molecule is CC(C)(C)Cc1noc(-c2cc3ccccc3cc2N)n1. The van der Waals surface area contributed by atoms with Gasteiger partial charge in [-0.05, 0) is 28.3 Å². The second kappa shape index (κ2) is 4.88. The lowest BCUT2D eigenvalue weighted by molar-refractivity contribution is 0.374. The molecule has 1 aromatic heterocycles. The lowest BCUT2D eigenvalue weighted by atomic mass is 9.92. The number of anilines is 1. The van der Waals surface area contributed by atoms with Gasteiger partial charge in [-0.3, -0.25) is 0 Å². The zero-order valence-electron chi connectivity index (χ0n) is 12.6. The van der Waals surface area contributed by atoms with Crippen molar-refractivity contribution in [2.75, 3.05) is 5.73 Å². The molecule has 0 radical (unpaired) electrons. The summed E-state index contributed by atoms with van der Waals surface area (Å²) in [4.78, 5) is 4.48. The van der Waals surface area contributed by atoms with E-state index in [4.69, 9.17) is 10.3 Å². The van der Waals surface area contributed by atoms with E-state index in [0.29, 0.717) is 17.4 Å². The van der Waals surface area contributed by atoms with E-state index < -0.39 is 0 Å². The van der Waals surface area contributed by atoms with Crippen LogP contribution in [0.15, 0.2) is 40.9 Å². The number of hydrogen-bond donors (Lipinski definition) is 1. The van der Waals surface area contributed by atoms with Crippen LogP contribution in [0.2, 0.25) is 0 Å². The average molecular weight is 281 g/mol. The van der Waals surface area contributed by atoms with E-state index in [-0.39, 0.29) is 5.41 Å². The van der Waals surface area contributed by atoms with Gasteiger partial charge in [0.25, 0.3) is 5.89 Å². The molecular weight excluding hydrogens is 262 g/mol. The van der Waals surface area contributed by atoms with Gasteiger partial charge in [0.2, 0.25) is 0 Å². The van der Waals surface area contributed by atoms with Crippen LogP contribution in [-0.4, -0.2) is 10.1 Å². The Balaban J connectivity index is 2.02. The second-order valence-electron chi connectivity index (χ2n) is 6.54. The number of rotatable bonds is 2. The van der Waals surface area contributed by atoms with E-state index in [1.54, 1.807) is 0 Å². The van der Waals surface area contributed by atoms with Gasteiger partial charge in [-0.2, -0.15) is 4.98 Å². The molecule has 3 aromatic rings. The van der Waals surface area contributed by atoms with Crippen molar-refractivity contribution in [3.63, 3.8) is 0 Å². The third-order valence-electron chi connectivity index (χ3n) is 3.30. The fraction of sp³-hybridized carbons (Fsp3) is 0.294. The molecule has 2 aromatic carbocycles. The Kier molecular flexibility index (Phi) is 3.16. The maximum absolute atomic E-state index is 6.13. The van der Waals surface area contributed by atoms with Crippen molar-refractivity contribution in [2.24, 2.45) is 5.41 Å². The van der Waals surface area contributed by atoms with Crippen molar-refractivity contribution in [2.45, 2.75) is 27.2 Å². The number of benzene rings is 2.